The molecule has 6 heteroatoms. The summed E-state index contributed by atoms with van der Waals surface area (Å²) in [5.74, 6) is 0.439. The number of aryl methyl sites for hydroxylation is 4. The van der Waals surface area contributed by atoms with Gasteiger partial charge in [-0.25, -0.2) is 0 Å². The third-order valence-electron chi connectivity index (χ3n) is 6.19. The van der Waals surface area contributed by atoms with Crippen LogP contribution in [0.15, 0.2) is 24.3 Å². The first-order valence-corrected chi connectivity index (χ1v) is 11.8. The summed E-state index contributed by atoms with van der Waals surface area (Å²) in [6.07, 6.45) is 2.33. The Morgan fingerprint density at radius 1 is 0.806 bits per heavy atom. The molecule has 3 rings (SSSR count). The lowest BCUT2D eigenvalue weighted by molar-refractivity contribution is 0.0925. The summed E-state index contributed by atoms with van der Waals surface area (Å²) >= 11 is 0. The Labute approximate surface area is 184 Å². The van der Waals surface area contributed by atoms with Gasteiger partial charge in [-0.2, -0.15) is 0 Å². The molecule has 1 radical (unpaired) electrons. The zero-order valence-electron chi connectivity index (χ0n) is 19.1. The van der Waals surface area contributed by atoms with Crippen molar-refractivity contribution >= 4 is 19.1 Å². The molecular weight excluding hydrogens is 411 g/mol. The molecule has 165 valence electrons. The molecule has 0 heterocycles. The average Bonchev–Trinajstić information content (AvgIpc) is 3.22. The number of carbonyl (C=O) groups is 2. The minimum Gasteiger partial charge on any atom is -0.496 e. The van der Waals surface area contributed by atoms with Crippen molar-refractivity contribution in [3.63, 3.8) is 0 Å². The van der Waals surface area contributed by atoms with E-state index in [0.717, 1.165) is 35.1 Å². The summed E-state index contributed by atoms with van der Waals surface area (Å²) in [5, 5.41) is -1.24. The molecule has 0 saturated heterocycles. The van der Waals surface area contributed by atoms with Gasteiger partial charge >= 0.3 is 0 Å². The standard InChI is InChI=1S/C25H30O5P/c1-15-11-17(3)21(18(4)12-15)24(27)31(28)25(9-7-8-10-25)23(26)22-19(29-5)13-16(2)14-20(22)30-6/h11-14H,7-10H2,1-6H3. The van der Waals surface area contributed by atoms with Crippen molar-refractivity contribution in [1.82, 2.24) is 0 Å². The molecule has 0 spiro atoms. The predicted octanol–water partition coefficient (Wildman–Crippen LogP) is 6.10. The highest BCUT2D eigenvalue weighted by Gasteiger charge is 2.51. The van der Waals surface area contributed by atoms with E-state index in [2.05, 4.69) is 0 Å². The molecule has 2 aromatic rings. The van der Waals surface area contributed by atoms with E-state index in [1.807, 2.05) is 39.8 Å². The molecule has 0 bridgehead atoms. The van der Waals surface area contributed by atoms with Gasteiger partial charge in [-0.1, -0.05) is 30.5 Å². The molecule has 0 aliphatic heterocycles. The maximum absolute atomic E-state index is 13.9. The van der Waals surface area contributed by atoms with E-state index >= 15 is 0 Å². The van der Waals surface area contributed by atoms with Gasteiger partial charge in [0.15, 0.2) is 13.6 Å². The van der Waals surface area contributed by atoms with Crippen molar-refractivity contribution in [2.45, 2.75) is 58.5 Å². The number of Topliss-reactive ketones (excluding diaryl/α,β-unsaturated/α-hetero) is 1. The zero-order chi connectivity index (χ0) is 22.9. The van der Waals surface area contributed by atoms with Gasteiger partial charge in [-0.05, 0) is 69.4 Å². The molecule has 0 aromatic heterocycles. The van der Waals surface area contributed by atoms with Crippen LogP contribution in [0.4, 0.5) is 0 Å². The van der Waals surface area contributed by atoms with E-state index < -0.39 is 18.5 Å². The third kappa shape index (κ3) is 4.04. The van der Waals surface area contributed by atoms with Gasteiger partial charge in [-0.15, -0.1) is 0 Å². The van der Waals surface area contributed by atoms with Gasteiger partial charge in [0.1, 0.15) is 22.2 Å². The maximum Gasteiger partial charge on any atom is 0.243 e. The van der Waals surface area contributed by atoms with Crippen molar-refractivity contribution in [2.24, 2.45) is 0 Å². The Morgan fingerprint density at radius 3 is 1.71 bits per heavy atom. The fraction of sp³-hybridized carbons (Fsp3) is 0.440. The van der Waals surface area contributed by atoms with Crippen molar-refractivity contribution in [2.75, 3.05) is 14.2 Å². The van der Waals surface area contributed by atoms with E-state index in [9.17, 15) is 14.2 Å². The third-order valence-corrected chi connectivity index (χ3v) is 8.22. The second-order valence-electron chi connectivity index (χ2n) is 8.49. The molecule has 1 aliphatic rings. The highest BCUT2D eigenvalue weighted by atomic mass is 31.1. The summed E-state index contributed by atoms with van der Waals surface area (Å²) < 4.78 is 24.8. The maximum atomic E-state index is 13.9. The van der Waals surface area contributed by atoms with Crippen LogP contribution in [0, 0.1) is 27.7 Å². The Morgan fingerprint density at radius 2 is 1.26 bits per heavy atom. The summed E-state index contributed by atoms with van der Waals surface area (Å²) in [7, 11) is 0.493. The number of hydrogen-bond acceptors (Lipinski definition) is 5. The largest absolute Gasteiger partial charge is 0.496 e. The summed E-state index contributed by atoms with van der Waals surface area (Å²) in [6.45, 7) is 7.56. The van der Waals surface area contributed by atoms with Crippen LogP contribution < -0.4 is 9.47 Å². The van der Waals surface area contributed by atoms with Gasteiger partial charge in [0.05, 0.1) is 14.2 Å². The lowest BCUT2D eigenvalue weighted by Gasteiger charge is -2.27. The van der Waals surface area contributed by atoms with Gasteiger partial charge in [0, 0.05) is 5.56 Å². The van der Waals surface area contributed by atoms with Crippen molar-refractivity contribution in [3.05, 3.63) is 57.6 Å². The summed E-state index contributed by atoms with van der Waals surface area (Å²) in [6, 6.07) is 7.36. The molecule has 2 aromatic carbocycles. The van der Waals surface area contributed by atoms with E-state index in [4.69, 9.17) is 9.47 Å². The number of ether oxygens (including phenoxy) is 2. The first-order valence-electron chi connectivity index (χ1n) is 10.5. The van der Waals surface area contributed by atoms with E-state index in [1.165, 1.54) is 14.2 Å². The minimum absolute atomic E-state index is 0.269. The fourth-order valence-electron chi connectivity index (χ4n) is 4.79. The van der Waals surface area contributed by atoms with Gasteiger partial charge in [-0.3, -0.25) is 14.2 Å². The first kappa shape index (κ1) is 23.1. The van der Waals surface area contributed by atoms with E-state index in [1.54, 1.807) is 12.1 Å². The summed E-state index contributed by atoms with van der Waals surface area (Å²) in [5.41, 5.74) is 3.80. The van der Waals surface area contributed by atoms with Crippen molar-refractivity contribution in [1.29, 1.82) is 0 Å². The molecule has 1 atom stereocenters. The van der Waals surface area contributed by atoms with Crippen LogP contribution in [-0.2, 0) is 4.57 Å². The van der Waals surface area contributed by atoms with Crippen LogP contribution >= 0.6 is 7.80 Å². The Bertz CT molecular complexity index is 1020. The number of methoxy groups -OCH3 is 2. The highest BCUT2D eigenvalue weighted by molar-refractivity contribution is 7.67. The lowest BCUT2D eigenvalue weighted by Crippen LogP contribution is -2.34. The number of hydrogen-bond donors (Lipinski definition) is 0. The van der Waals surface area contributed by atoms with Gasteiger partial charge < -0.3 is 9.47 Å². The molecule has 1 saturated carbocycles. The van der Waals surface area contributed by atoms with Crippen LogP contribution in [0.1, 0.15) is 68.7 Å². The molecule has 31 heavy (non-hydrogen) atoms. The van der Waals surface area contributed by atoms with Crippen LogP contribution in [0.5, 0.6) is 11.5 Å². The first-order chi connectivity index (χ1) is 14.7. The Kier molecular flexibility index (Phi) is 6.66. The van der Waals surface area contributed by atoms with Crippen molar-refractivity contribution < 1.29 is 23.6 Å². The lowest BCUT2D eigenvalue weighted by atomic mass is 9.93. The fourth-order valence-corrected chi connectivity index (χ4v) is 6.76. The van der Waals surface area contributed by atoms with Gasteiger partial charge in [0.2, 0.25) is 5.52 Å². The normalized spacial score (nSPS) is 15.5. The number of benzene rings is 2. The number of carbonyl (C=O) groups excluding carboxylic acids is 2. The van der Waals surface area contributed by atoms with Crippen LogP contribution in [0.2, 0.25) is 0 Å². The zero-order valence-corrected chi connectivity index (χ0v) is 20.0. The quantitative estimate of drug-likeness (QED) is 0.383. The van der Waals surface area contributed by atoms with Crippen LogP contribution in [-0.4, -0.2) is 30.7 Å². The topological polar surface area (TPSA) is 69.7 Å². The molecule has 1 unspecified atom stereocenters. The monoisotopic (exact) mass is 441 g/mol. The molecule has 1 aliphatic carbocycles. The Balaban J connectivity index is 2.13. The van der Waals surface area contributed by atoms with Crippen LogP contribution in [0.3, 0.4) is 0 Å². The SMILES string of the molecule is COc1cc(C)cc(OC)c1C(=O)C1([P](=O)C(=O)c2c(C)cc(C)cc2C)CCCC1. The minimum atomic E-state index is -2.50. The van der Waals surface area contributed by atoms with E-state index in [0.29, 0.717) is 29.9 Å². The molecule has 1 fully saturated rings. The number of rotatable bonds is 7. The average molecular weight is 441 g/mol. The number of ketones is 1. The van der Waals surface area contributed by atoms with E-state index in [-0.39, 0.29) is 11.3 Å². The van der Waals surface area contributed by atoms with Crippen LogP contribution in [0.25, 0.3) is 0 Å². The predicted molar refractivity (Wildman–Crippen MR) is 122 cm³/mol. The highest BCUT2D eigenvalue weighted by Crippen LogP contribution is 2.55. The molecular formula is C25H30O5P. The second kappa shape index (κ2) is 8.92. The summed E-state index contributed by atoms with van der Waals surface area (Å²) in [4.78, 5) is 27.4. The van der Waals surface area contributed by atoms with Gasteiger partial charge in [0.25, 0.3) is 0 Å². The molecule has 0 N–H and O–H groups in total. The smallest absolute Gasteiger partial charge is 0.243 e. The molecule has 5 nitrogen and oxygen atoms in total. The second-order valence-corrected chi connectivity index (χ2v) is 10.3. The molecule has 0 amide bonds. The van der Waals surface area contributed by atoms with Crippen molar-refractivity contribution in [3.8, 4) is 11.5 Å². The Hall–Kier alpha value is -2.52.